The Bertz CT molecular complexity index is 567. The molecule has 0 saturated carbocycles. The van der Waals surface area contributed by atoms with Gasteiger partial charge in [-0.15, -0.1) is 0 Å². The molecule has 0 aliphatic heterocycles. The molecule has 0 bridgehead atoms. The highest BCUT2D eigenvalue weighted by Crippen LogP contribution is 2.34. The summed E-state index contributed by atoms with van der Waals surface area (Å²) in [4.78, 5) is 0. The zero-order valence-electron chi connectivity index (χ0n) is 12.8. The zero-order chi connectivity index (χ0) is 15.1. The fraction of sp³-hybridized carbons (Fsp3) is 0.333. The number of methoxy groups -OCH3 is 2. The smallest absolute Gasteiger partial charge is 0.164 e. The third kappa shape index (κ3) is 3.76. The minimum absolute atomic E-state index is 0.633. The van der Waals surface area contributed by atoms with Crippen LogP contribution in [-0.2, 0) is 19.3 Å². The monoisotopic (exact) mass is 285 g/mol. The van der Waals surface area contributed by atoms with Crippen LogP contribution in [-0.4, -0.2) is 20.8 Å². The number of rotatable bonds is 7. The van der Waals surface area contributed by atoms with E-state index >= 15 is 0 Å². The largest absolute Gasteiger partial charge is 0.493 e. The summed E-state index contributed by atoms with van der Waals surface area (Å²) < 4.78 is 11.0. The van der Waals surface area contributed by atoms with E-state index in [1.54, 1.807) is 14.2 Å². The lowest BCUT2D eigenvalue weighted by Crippen LogP contribution is -2.08. The van der Waals surface area contributed by atoms with Crippen LogP contribution in [0.15, 0.2) is 42.5 Å². The average Bonchev–Trinajstić information content (AvgIpc) is 2.54. The molecule has 0 aliphatic carbocycles. The Kier molecular flexibility index (Phi) is 5.64. The molecule has 21 heavy (non-hydrogen) atoms. The molecule has 0 unspecified atom stereocenters. The van der Waals surface area contributed by atoms with Crippen molar-refractivity contribution in [3.63, 3.8) is 0 Å². The molecule has 3 heteroatoms. The number of aryl methyl sites for hydroxylation is 1. The molecule has 0 aromatic heterocycles. The van der Waals surface area contributed by atoms with Crippen LogP contribution < -0.4 is 15.2 Å². The molecule has 3 nitrogen and oxygen atoms in total. The van der Waals surface area contributed by atoms with E-state index < -0.39 is 0 Å². The number of ether oxygens (including phenoxy) is 2. The maximum atomic E-state index is 5.73. The molecule has 0 aliphatic rings. The molecule has 0 fully saturated rings. The van der Waals surface area contributed by atoms with Crippen LogP contribution in [0, 0.1) is 0 Å². The maximum absolute atomic E-state index is 5.73. The van der Waals surface area contributed by atoms with Crippen molar-refractivity contribution in [2.45, 2.75) is 19.3 Å². The van der Waals surface area contributed by atoms with Gasteiger partial charge in [0.2, 0.25) is 0 Å². The van der Waals surface area contributed by atoms with Crippen molar-refractivity contribution in [2.75, 3.05) is 20.8 Å². The van der Waals surface area contributed by atoms with Gasteiger partial charge in [0, 0.05) is 5.56 Å². The van der Waals surface area contributed by atoms with Crippen LogP contribution in [0.4, 0.5) is 0 Å². The van der Waals surface area contributed by atoms with Gasteiger partial charge in [-0.25, -0.2) is 0 Å². The molecule has 0 amide bonds. The van der Waals surface area contributed by atoms with Gasteiger partial charge < -0.3 is 15.2 Å². The molecule has 112 valence electrons. The molecule has 0 atom stereocenters. The molecule has 2 aromatic rings. The molecular formula is C18H23NO2. The minimum atomic E-state index is 0.633. The Morgan fingerprint density at radius 3 is 2.24 bits per heavy atom. The topological polar surface area (TPSA) is 44.5 Å². The maximum Gasteiger partial charge on any atom is 0.164 e. The van der Waals surface area contributed by atoms with E-state index in [1.165, 1.54) is 16.7 Å². The van der Waals surface area contributed by atoms with Crippen LogP contribution in [0.5, 0.6) is 11.5 Å². The van der Waals surface area contributed by atoms with E-state index in [2.05, 4.69) is 30.3 Å². The molecule has 0 spiro atoms. The summed E-state index contributed by atoms with van der Waals surface area (Å²) in [6, 6.07) is 14.5. The van der Waals surface area contributed by atoms with Crippen molar-refractivity contribution in [2.24, 2.45) is 5.73 Å². The lowest BCUT2D eigenvalue weighted by Gasteiger charge is -2.17. The first-order chi connectivity index (χ1) is 10.3. The Morgan fingerprint density at radius 1 is 0.857 bits per heavy atom. The van der Waals surface area contributed by atoms with Gasteiger partial charge in [-0.05, 0) is 43.0 Å². The quantitative estimate of drug-likeness (QED) is 0.850. The molecule has 2 N–H and O–H groups in total. The Labute approximate surface area is 126 Å². The summed E-state index contributed by atoms with van der Waals surface area (Å²) in [6.45, 7) is 0.633. The number of hydrogen-bond acceptors (Lipinski definition) is 3. The number of hydrogen-bond donors (Lipinski definition) is 1. The van der Waals surface area contributed by atoms with Crippen molar-refractivity contribution < 1.29 is 9.47 Å². The first-order valence-electron chi connectivity index (χ1n) is 7.27. The van der Waals surface area contributed by atoms with Crippen LogP contribution >= 0.6 is 0 Å². The van der Waals surface area contributed by atoms with Crippen molar-refractivity contribution in [3.05, 3.63) is 59.2 Å². The SMILES string of the molecule is COc1ccc(CCN)c(CCc2ccccc2)c1OC. The van der Waals surface area contributed by atoms with E-state index in [-0.39, 0.29) is 0 Å². The highest BCUT2D eigenvalue weighted by molar-refractivity contribution is 5.51. The first kappa shape index (κ1) is 15.4. The molecule has 0 saturated heterocycles. The predicted molar refractivity (Wildman–Crippen MR) is 86.2 cm³/mol. The zero-order valence-corrected chi connectivity index (χ0v) is 12.8. The van der Waals surface area contributed by atoms with E-state index in [4.69, 9.17) is 15.2 Å². The van der Waals surface area contributed by atoms with Gasteiger partial charge in [0.15, 0.2) is 11.5 Å². The number of benzene rings is 2. The van der Waals surface area contributed by atoms with Crippen molar-refractivity contribution in [1.82, 2.24) is 0 Å². The Hall–Kier alpha value is -2.00. The molecule has 2 aromatic carbocycles. The van der Waals surface area contributed by atoms with Gasteiger partial charge in [0.1, 0.15) is 0 Å². The lowest BCUT2D eigenvalue weighted by molar-refractivity contribution is 0.351. The van der Waals surface area contributed by atoms with Crippen molar-refractivity contribution in [3.8, 4) is 11.5 Å². The second-order valence-corrected chi connectivity index (χ2v) is 4.96. The van der Waals surface area contributed by atoms with E-state index in [9.17, 15) is 0 Å². The van der Waals surface area contributed by atoms with Gasteiger partial charge in [0.25, 0.3) is 0 Å². The fourth-order valence-corrected chi connectivity index (χ4v) is 2.61. The van der Waals surface area contributed by atoms with Crippen molar-refractivity contribution in [1.29, 1.82) is 0 Å². The van der Waals surface area contributed by atoms with Gasteiger partial charge in [0.05, 0.1) is 14.2 Å². The summed E-state index contributed by atoms with van der Waals surface area (Å²) in [5, 5.41) is 0. The summed E-state index contributed by atoms with van der Waals surface area (Å²) in [5.41, 5.74) is 9.49. The third-order valence-electron chi connectivity index (χ3n) is 3.67. The second kappa shape index (κ2) is 7.70. The van der Waals surface area contributed by atoms with Gasteiger partial charge in [-0.1, -0.05) is 36.4 Å². The van der Waals surface area contributed by atoms with Gasteiger partial charge in [-0.3, -0.25) is 0 Å². The van der Waals surface area contributed by atoms with E-state index in [1.807, 2.05) is 12.1 Å². The van der Waals surface area contributed by atoms with Gasteiger partial charge >= 0.3 is 0 Å². The molecule has 2 rings (SSSR count). The van der Waals surface area contributed by atoms with E-state index in [0.717, 1.165) is 30.8 Å². The molecular weight excluding hydrogens is 262 g/mol. The normalized spacial score (nSPS) is 10.4. The number of nitrogens with two attached hydrogens (primary N) is 1. The van der Waals surface area contributed by atoms with Crippen LogP contribution in [0.1, 0.15) is 16.7 Å². The standard InChI is InChI=1S/C18H23NO2/c1-20-17-11-9-15(12-13-19)16(18(17)21-2)10-8-14-6-4-3-5-7-14/h3-7,9,11H,8,10,12-13,19H2,1-2H3. The summed E-state index contributed by atoms with van der Waals surface area (Å²) in [7, 11) is 3.36. The average molecular weight is 285 g/mol. The van der Waals surface area contributed by atoms with Crippen LogP contribution in [0.25, 0.3) is 0 Å². The Balaban J connectivity index is 2.29. The first-order valence-corrected chi connectivity index (χ1v) is 7.27. The van der Waals surface area contributed by atoms with E-state index in [0.29, 0.717) is 6.54 Å². The summed E-state index contributed by atoms with van der Waals surface area (Å²) in [6.07, 6.45) is 2.74. The molecule has 0 radical (unpaired) electrons. The highest BCUT2D eigenvalue weighted by atomic mass is 16.5. The molecule has 0 heterocycles. The van der Waals surface area contributed by atoms with Crippen LogP contribution in [0.2, 0.25) is 0 Å². The lowest BCUT2D eigenvalue weighted by atomic mass is 9.96. The minimum Gasteiger partial charge on any atom is -0.493 e. The second-order valence-electron chi connectivity index (χ2n) is 4.96. The summed E-state index contributed by atoms with van der Waals surface area (Å²) >= 11 is 0. The Morgan fingerprint density at radius 2 is 1.62 bits per heavy atom. The summed E-state index contributed by atoms with van der Waals surface area (Å²) in [5.74, 6) is 1.61. The van der Waals surface area contributed by atoms with Gasteiger partial charge in [-0.2, -0.15) is 0 Å². The third-order valence-corrected chi connectivity index (χ3v) is 3.67. The highest BCUT2D eigenvalue weighted by Gasteiger charge is 2.14. The van der Waals surface area contributed by atoms with Crippen LogP contribution in [0.3, 0.4) is 0 Å². The predicted octanol–water partition coefficient (Wildman–Crippen LogP) is 2.99. The fourth-order valence-electron chi connectivity index (χ4n) is 2.61. The van der Waals surface area contributed by atoms with Crippen molar-refractivity contribution >= 4 is 0 Å².